The SMILES string of the molecule is CC(=O)OC[C@H]1O[C@@H](OCC[C@H]2O[C@@H](C)C[C@@H](OC(C)=O)[C@H]2OC(C)=O)C[C@@H](OC(C)=O)[C@H]1OC(C)=O.CC1OC1O.COC(C)=O. The molecule has 0 amide bonds. The smallest absolute Gasteiger partial charge is 0.303 e. The molecule has 0 aromatic rings. The Labute approximate surface area is 273 Å². The van der Waals surface area contributed by atoms with Gasteiger partial charge in [0, 0.05) is 60.8 Å². The molecule has 3 aliphatic heterocycles. The maximum Gasteiger partial charge on any atom is 0.303 e. The maximum absolute atomic E-state index is 11.7. The molecule has 17 nitrogen and oxygen atoms in total. The van der Waals surface area contributed by atoms with E-state index in [0.717, 1.165) is 0 Å². The molecule has 0 spiro atoms. The second-order valence-electron chi connectivity index (χ2n) is 10.9. The van der Waals surface area contributed by atoms with E-state index in [-0.39, 0.29) is 44.2 Å². The van der Waals surface area contributed by atoms with Gasteiger partial charge in [-0.1, -0.05) is 0 Å². The molecule has 47 heavy (non-hydrogen) atoms. The van der Waals surface area contributed by atoms with E-state index in [1.807, 2.05) is 13.8 Å². The van der Waals surface area contributed by atoms with Crippen LogP contribution in [0, 0.1) is 0 Å². The standard InChI is InChI=1S/C24H36O13.2C3H6O2/c1-12-9-19(33-14(3)26)23(35-16(5)28)18(32-12)7-8-30-22-10-20(34-15(4)27)24(36-17(6)29)21(37-22)11-31-13(2)25;1-2-3(4)5-2;1-3(4)5-2/h12,18-24H,7-11H2,1-6H3;2-4H,1H3;1-2H3/t12-,18+,19+,20+,21+,22+,23-,24+;;/m0../s1. The van der Waals surface area contributed by atoms with E-state index in [4.69, 9.17) is 43.0 Å². The number of methoxy groups -OCH3 is 1. The molecule has 1 N–H and O–H groups in total. The van der Waals surface area contributed by atoms with Gasteiger partial charge in [-0.2, -0.15) is 0 Å². The second kappa shape index (κ2) is 20.8. The Morgan fingerprint density at radius 3 is 1.51 bits per heavy atom. The molecule has 0 saturated carbocycles. The van der Waals surface area contributed by atoms with Crippen LogP contribution in [-0.2, 0) is 76.1 Å². The fraction of sp³-hybridized carbons (Fsp3) is 0.800. The first-order chi connectivity index (χ1) is 21.9. The average Bonchev–Trinajstić information content (AvgIpc) is 3.61. The Bertz CT molecular complexity index is 1040. The number of ether oxygens (including phenoxy) is 10. The molecule has 3 heterocycles. The normalized spacial score (nSPS) is 30.8. The molecule has 3 rings (SSSR count). The van der Waals surface area contributed by atoms with E-state index in [1.54, 1.807) is 0 Å². The molecule has 0 aliphatic carbocycles. The van der Waals surface area contributed by atoms with Crippen LogP contribution in [0.2, 0.25) is 0 Å². The molecule has 10 atom stereocenters. The quantitative estimate of drug-likeness (QED) is 0.192. The average molecular weight is 681 g/mol. The van der Waals surface area contributed by atoms with Gasteiger partial charge in [0.15, 0.2) is 24.8 Å². The monoisotopic (exact) mass is 680 g/mol. The molecule has 3 fully saturated rings. The summed E-state index contributed by atoms with van der Waals surface area (Å²) in [4.78, 5) is 67.5. The van der Waals surface area contributed by atoms with Gasteiger partial charge in [0.2, 0.25) is 0 Å². The highest BCUT2D eigenvalue weighted by molar-refractivity contribution is 5.68. The number of aliphatic hydroxyl groups is 1. The van der Waals surface area contributed by atoms with Crippen molar-refractivity contribution in [2.75, 3.05) is 20.3 Å². The first kappa shape index (κ1) is 41.6. The summed E-state index contributed by atoms with van der Waals surface area (Å²) in [5, 5.41) is 8.21. The van der Waals surface area contributed by atoms with Gasteiger partial charge in [0.05, 0.1) is 19.8 Å². The van der Waals surface area contributed by atoms with Crippen LogP contribution in [0.1, 0.15) is 74.7 Å². The Balaban J connectivity index is 0.000000943. The van der Waals surface area contributed by atoms with Gasteiger partial charge in [-0.05, 0) is 13.8 Å². The summed E-state index contributed by atoms with van der Waals surface area (Å²) in [6.07, 6.45) is -5.87. The van der Waals surface area contributed by atoms with E-state index >= 15 is 0 Å². The van der Waals surface area contributed by atoms with Gasteiger partial charge in [0.25, 0.3) is 0 Å². The molecule has 0 radical (unpaired) electrons. The molecule has 3 saturated heterocycles. The number of epoxide rings is 1. The highest BCUT2D eigenvalue weighted by atomic mass is 16.7. The number of rotatable bonds is 10. The van der Waals surface area contributed by atoms with Crippen LogP contribution in [0.25, 0.3) is 0 Å². The topological polar surface area (TPSA) is 218 Å². The molecular formula is C30H48O17. The van der Waals surface area contributed by atoms with Gasteiger partial charge >= 0.3 is 35.8 Å². The van der Waals surface area contributed by atoms with Crippen LogP contribution >= 0.6 is 0 Å². The summed E-state index contributed by atoms with van der Waals surface area (Å²) in [5.41, 5.74) is 0. The van der Waals surface area contributed by atoms with Crippen molar-refractivity contribution in [2.24, 2.45) is 0 Å². The number of carbonyl (C=O) groups is 6. The minimum absolute atomic E-state index is 0.0411. The van der Waals surface area contributed by atoms with Crippen molar-refractivity contribution in [3.05, 3.63) is 0 Å². The Hall–Kier alpha value is -3.38. The lowest BCUT2D eigenvalue weighted by molar-refractivity contribution is -0.269. The van der Waals surface area contributed by atoms with Crippen LogP contribution in [0.15, 0.2) is 0 Å². The Morgan fingerprint density at radius 1 is 0.660 bits per heavy atom. The van der Waals surface area contributed by atoms with Crippen molar-refractivity contribution in [3.8, 4) is 0 Å². The number of hydrogen-bond donors (Lipinski definition) is 1. The largest absolute Gasteiger partial charge is 0.469 e. The van der Waals surface area contributed by atoms with Gasteiger partial charge in [0.1, 0.15) is 37.1 Å². The van der Waals surface area contributed by atoms with Crippen molar-refractivity contribution in [3.63, 3.8) is 0 Å². The first-order valence-electron chi connectivity index (χ1n) is 15.1. The molecule has 270 valence electrons. The highest BCUT2D eigenvalue weighted by Crippen LogP contribution is 2.30. The molecule has 17 heteroatoms. The highest BCUT2D eigenvalue weighted by Gasteiger charge is 2.45. The second-order valence-corrected chi connectivity index (χ2v) is 10.9. The molecule has 2 unspecified atom stereocenters. The van der Waals surface area contributed by atoms with Crippen LogP contribution in [0.3, 0.4) is 0 Å². The predicted molar refractivity (Wildman–Crippen MR) is 156 cm³/mol. The van der Waals surface area contributed by atoms with Crippen LogP contribution in [0.5, 0.6) is 0 Å². The molecule has 3 aliphatic rings. The van der Waals surface area contributed by atoms with Gasteiger partial charge < -0.3 is 52.5 Å². The molecule has 0 aromatic heterocycles. The zero-order valence-corrected chi connectivity index (χ0v) is 28.3. The van der Waals surface area contributed by atoms with Gasteiger partial charge in [-0.3, -0.25) is 28.8 Å². The van der Waals surface area contributed by atoms with E-state index in [0.29, 0.717) is 6.42 Å². The summed E-state index contributed by atoms with van der Waals surface area (Å²) >= 11 is 0. The minimum atomic E-state index is -1.01. The molecule has 0 bridgehead atoms. The maximum atomic E-state index is 11.7. The third kappa shape index (κ3) is 17.4. The third-order valence-electron chi connectivity index (χ3n) is 6.55. The summed E-state index contributed by atoms with van der Waals surface area (Å²) in [6.45, 7) is 11.0. The number of hydrogen-bond acceptors (Lipinski definition) is 17. The number of aliphatic hydroxyl groups excluding tert-OH is 1. The van der Waals surface area contributed by atoms with Gasteiger partial charge in [-0.25, -0.2) is 0 Å². The summed E-state index contributed by atoms with van der Waals surface area (Å²) in [6, 6.07) is 0. The fourth-order valence-electron chi connectivity index (χ4n) is 4.53. The van der Waals surface area contributed by atoms with E-state index in [2.05, 4.69) is 9.47 Å². The lowest BCUT2D eigenvalue weighted by atomic mass is 9.96. The number of esters is 6. The van der Waals surface area contributed by atoms with Crippen molar-refractivity contribution in [1.29, 1.82) is 0 Å². The van der Waals surface area contributed by atoms with Crippen LogP contribution in [-0.4, -0.2) is 123 Å². The fourth-order valence-corrected chi connectivity index (χ4v) is 4.53. The molecule has 0 aromatic carbocycles. The zero-order chi connectivity index (χ0) is 35.8. The Kier molecular flexibility index (Phi) is 18.4. The lowest BCUT2D eigenvalue weighted by Gasteiger charge is -2.41. The lowest BCUT2D eigenvalue weighted by Crippen LogP contribution is -2.54. The Morgan fingerprint density at radius 2 is 1.11 bits per heavy atom. The number of carbonyl (C=O) groups excluding carboxylic acids is 6. The van der Waals surface area contributed by atoms with Crippen molar-refractivity contribution in [1.82, 2.24) is 0 Å². The molecular weight excluding hydrogens is 632 g/mol. The minimum Gasteiger partial charge on any atom is -0.469 e. The van der Waals surface area contributed by atoms with Gasteiger partial charge in [-0.15, -0.1) is 0 Å². The summed E-state index contributed by atoms with van der Waals surface area (Å²) in [7, 11) is 1.35. The van der Waals surface area contributed by atoms with Crippen LogP contribution < -0.4 is 0 Å². The summed E-state index contributed by atoms with van der Waals surface area (Å²) in [5.74, 6) is -3.08. The van der Waals surface area contributed by atoms with Crippen molar-refractivity contribution < 1.29 is 81.2 Å². The first-order valence-corrected chi connectivity index (χ1v) is 15.1. The zero-order valence-electron chi connectivity index (χ0n) is 28.3. The van der Waals surface area contributed by atoms with E-state index in [1.165, 1.54) is 48.7 Å². The summed E-state index contributed by atoms with van der Waals surface area (Å²) < 4.78 is 52.7. The van der Waals surface area contributed by atoms with Crippen LogP contribution in [0.4, 0.5) is 0 Å². The van der Waals surface area contributed by atoms with E-state index < -0.39 is 79.1 Å². The predicted octanol–water partition coefficient (Wildman–Crippen LogP) is 0.878. The van der Waals surface area contributed by atoms with Crippen molar-refractivity contribution in [2.45, 2.75) is 136 Å². The van der Waals surface area contributed by atoms with Crippen molar-refractivity contribution >= 4 is 35.8 Å². The van der Waals surface area contributed by atoms with E-state index in [9.17, 15) is 28.8 Å². The third-order valence-corrected chi connectivity index (χ3v) is 6.55.